The lowest BCUT2D eigenvalue weighted by Gasteiger charge is -2.06. The molecule has 0 atom stereocenters. The van der Waals surface area contributed by atoms with Crippen LogP contribution in [0.25, 0.3) is 11.0 Å². The molecule has 0 aliphatic rings. The number of nitrogens with zero attached hydrogens (tertiary/aromatic N) is 3. The first kappa shape index (κ1) is 12.0. The summed E-state index contributed by atoms with van der Waals surface area (Å²) in [5, 5.41) is 0.544. The molecule has 0 aliphatic heterocycles. The molecule has 0 saturated heterocycles. The molecule has 4 nitrogen and oxygen atoms in total. The Morgan fingerprint density at radius 3 is 2.68 bits per heavy atom. The number of rotatable bonds is 2. The van der Waals surface area contributed by atoms with Crippen molar-refractivity contribution in [2.45, 2.75) is 6.54 Å². The van der Waals surface area contributed by atoms with Crippen LogP contribution in [0.2, 0.25) is 0 Å². The van der Waals surface area contributed by atoms with Gasteiger partial charge in [-0.3, -0.25) is 9.36 Å². The fourth-order valence-corrected chi connectivity index (χ4v) is 2.16. The lowest BCUT2D eigenvalue weighted by Crippen LogP contribution is -2.21. The van der Waals surface area contributed by atoms with E-state index in [1.807, 2.05) is 24.3 Å². The number of pyridine rings is 1. The highest BCUT2D eigenvalue weighted by Gasteiger charge is 2.04. The number of hydrogen-bond acceptors (Lipinski definition) is 3. The summed E-state index contributed by atoms with van der Waals surface area (Å²) in [5.74, 6) is 0. The lowest BCUT2D eigenvalue weighted by molar-refractivity contribution is 0.746. The van der Waals surface area contributed by atoms with Gasteiger partial charge in [0.2, 0.25) is 0 Å². The van der Waals surface area contributed by atoms with Crippen molar-refractivity contribution in [3.8, 4) is 0 Å². The van der Waals surface area contributed by atoms with Gasteiger partial charge >= 0.3 is 0 Å². The molecule has 0 fully saturated rings. The van der Waals surface area contributed by atoms with E-state index in [4.69, 9.17) is 0 Å². The maximum Gasteiger partial charge on any atom is 0.263 e. The first-order valence-corrected chi connectivity index (χ1v) is 6.58. The molecule has 3 rings (SSSR count). The second-order valence-electron chi connectivity index (χ2n) is 4.18. The summed E-state index contributed by atoms with van der Waals surface area (Å²) in [5.41, 5.74) is 1.47. The largest absolute Gasteiger partial charge is 0.294 e. The van der Waals surface area contributed by atoms with Gasteiger partial charge < -0.3 is 0 Å². The number of benzene rings is 1. The van der Waals surface area contributed by atoms with Gasteiger partial charge in [0, 0.05) is 10.7 Å². The molecule has 3 aromatic rings. The molecular weight excluding hydrogens is 306 g/mol. The van der Waals surface area contributed by atoms with Gasteiger partial charge in [-0.05, 0) is 29.8 Å². The van der Waals surface area contributed by atoms with Crippen LogP contribution >= 0.6 is 15.9 Å². The van der Waals surface area contributed by atoms with Crippen LogP contribution in [0.1, 0.15) is 5.56 Å². The summed E-state index contributed by atoms with van der Waals surface area (Å²) in [7, 11) is 0. The number of halogens is 1. The Labute approximate surface area is 117 Å². The molecule has 0 aliphatic carbocycles. The Kier molecular flexibility index (Phi) is 3.13. The van der Waals surface area contributed by atoms with Gasteiger partial charge in [-0.25, -0.2) is 9.97 Å². The standard InChI is InChI=1S/C14H10BrN3O/c15-11-5-3-10(4-6-11)8-18-9-17-13-12(14(18)19)2-1-7-16-13/h1-7,9H,8H2. The lowest BCUT2D eigenvalue weighted by atomic mass is 10.2. The average molecular weight is 316 g/mol. The van der Waals surface area contributed by atoms with E-state index in [1.54, 1.807) is 29.2 Å². The van der Waals surface area contributed by atoms with Gasteiger partial charge in [0.1, 0.15) is 6.33 Å². The van der Waals surface area contributed by atoms with Crippen LogP contribution in [0, 0.1) is 0 Å². The van der Waals surface area contributed by atoms with E-state index < -0.39 is 0 Å². The van der Waals surface area contributed by atoms with E-state index in [0.717, 1.165) is 10.0 Å². The third-order valence-corrected chi connectivity index (χ3v) is 3.39. The van der Waals surface area contributed by atoms with Crippen LogP contribution in [-0.4, -0.2) is 14.5 Å². The summed E-state index contributed by atoms with van der Waals surface area (Å²) in [6.45, 7) is 0.504. The molecule has 0 unspecified atom stereocenters. The van der Waals surface area contributed by atoms with Gasteiger partial charge in [0.15, 0.2) is 5.65 Å². The van der Waals surface area contributed by atoms with E-state index in [9.17, 15) is 4.79 Å². The van der Waals surface area contributed by atoms with Crippen molar-refractivity contribution in [2.75, 3.05) is 0 Å². The molecule has 19 heavy (non-hydrogen) atoms. The summed E-state index contributed by atoms with van der Waals surface area (Å²) < 4.78 is 2.61. The third-order valence-electron chi connectivity index (χ3n) is 2.86. The molecule has 0 N–H and O–H groups in total. The SMILES string of the molecule is O=c1c2cccnc2ncn1Cc1ccc(Br)cc1. The number of aromatic nitrogens is 3. The average Bonchev–Trinajstić information content (AvgIpc) is 2.45. The molecule has 94 valence electrons. The maximum absolute atomic E-state index is 12.3. The Morgan fingerprint density at radius 2 is 1.89 bits per heavy atom. The van der Waals surface area contributed by atoms with Gasteiger partial charge in [-0.15, -0.1) is 0 Å². The minimum absolute atomic E-state index is 0.0685. The molecule has 0 amide bonds. The quantitative estimate of drug-likeness (QED) is 0.730. The van der Waals surface area contributed by atoms with E-state index in [0.29, 0.717) is 17.6 Å². The highest BCUT2D eigenvalue weighted by molar-refractivity contribution is 9.10. The Bertz CT molecular complexity index is 781. The molecule has 0 spiro atoms. The van der Waals surface area contributed by atoms with Crippen LogP contribution in [0.15, 0.2) is 58.2 Å². The molecule has 0 saturated carbocycles. The molecular formula is C14H10BrN3O. The summed E-state index contributed by atoms with van der Waals surface area (Å²) >= 11 is 3.39. The van der Waals surface area contributed by atoms with Crippen molar-refractivity contribution in [1.82, 2.24) is 14.5 Å². The van der Waals surface area contributed by atoms with E-state index in [-0.39, 0.29) is 5.56 Å². The zero-order valence-corrected chi connectivity index (χ0v) is 11.5. The summed E-state index contributed by atoms with van der Waals surface area (Å²) in [4.78, 5) is 20.5. The zero-order valence-electron chi connectivity index (χ0n) is 9.95. The zero-order chi connectivity index (χ0) is 13.2. The highest BCUT2D eigenvalue weighted by atomic mass is 79.9. The normalized spacial score (nSPS) is 10.8. The Morgan fingerprint density at radius 1 is 1.11 bits per heavy atom. The Hall–Kier alpha value is -2.01. The van der Waals surface area contributed by atoms with Crippen molar-refractivity contribution in [1.29, 1.82) is 0 Å². The second kappa shape index (κ2) is 4.93. The Balaban J connectivity index is 2.04. The van der Waals surface area contributed by atoms with Crippen molar-refractivity contribution in [3.63, 3.8) is 0 Å². The van der Waals surface area contributed by atoms with Crippen LogP contribution < -0.4 is 5.56 Å². The van der Waals surface area contributed by atoms with Gasteiger partial charge in [0.05, 0.1) is 11.9 Å². The molecule has 0 radical (unpaired) electrons. The van der Waals surface area contributed by atoms with Gasteiger partial charge in [-0.2, -0.15) is 0 Å². The summed E-state index contributed by atoms with van der Waals surface area (Å²) in [6.07, 6.45) is 3.17. The molecule has 1 aromatic carbocycles. The van der Waals surface area contributed by atoms with E-state index in [1.165, 1.54) is 0 Å². The molecule has 2 aromatic heterocycles. The van der Waals surface area contributed by atoms with E-state index >= 15 is 0 Å². The van der Waals surface area contributed by atoms with Gasteiger partial charge in [0.25, 0.3) is 5.56 Å². The first-order chi connectivity index (χ1) is 9.24. The highest BCUT2D eigenvalue weighted by Crippen LogP contribution is 2.11. The number of hydrogen-bond donors (Lipinski definition) is 0. The van der Waals surface area contributed by atoms with Crippen molar-refractivity contribution in [2.24, 2.45) is 0 Å². The molecule has 5 heteroatoms. The predicted octanol–water partition coefficient (Wildman–Crippen LogP) is 2.60. The van der Waals surface area contributed by atoms with Gasteiger partial charge in [-0.1, -0.05) is 28.1 Å². The van der Waals surface area contributed by atoms with Crippen LogP contribution in [0.3, 0.4) is 0 Å². The monoisotopic (exact) mass is 315 g/mol. The van der Waals surface area contributed by atoms with Crippen molar-refractivity contribution >= 4 is 27.0 Å². The van der Waals surface area contributed by atoms with Crippen LogP contribution in [-0.2, 0) is 6.54 Å². The van der Waals surface area contributed by atoms with Crippen molar-refractivity contribution < 1.29 is 0 Å². The van der Waals surface area contributed by atoms with Crippen molar-refractivity contribution in [3.05, 3.63) is 69.3 Å². The molecule has 0 bridgehead atoms. The van der Waals surface area contributed by atoms with Crippen LogP contribution in [0.5, 0.6) is 0 Å². The van der Waals surface area contributed by atoms with Crippen LogP contribution in [0.4, 0.5) is 0 Å². The smallest absolute Gasteiger partial charge is 0.263 e. The topological polar surface area (TPSA) is 47.8 Å². The first-order valence-electron chi connectivity index (χ1n) is 5.79. The number of fused-ring (bicyclic) bond motifs is 1. The fraction of sp³-hybridized carbons (Fsp3) is 0.0714. The third kappa shape index (κ3) is 2.42. The fourth-order valence-electron chi connectivity index (χ4n) is 1.90. The predicted molar refractivity (Wildman–Crippen MR) is 77.0 cm³/mol. The maximum atomic E-state index is 12.3. The minimum Gasteiger partial charge on any atom is -0.294 e. The summed E-state index contributed by atoms with van der Waals surface area (Å²) in [6, 6.07) is 11.4. The minimum atomic E-state index is -0.0685. The van der Waals surface area contributed by atoms with E-state index in [2.05, 4.69) is 25.9 Å². The second-order valence-corrected chi connectivity index (χ2v) is 5.09. The molecule has 2 heterocycles.